The Hall–Kier alpha value is -0.830. The lowest BCUT2D eigenvalue weighted by molar-refractivity contribution is -0.211. The van der Waals surface area contributed by atoms with Gasteiger partial charge in [-0.3, -0.25) is 0 Å². The topological polar surface area (TPSA) is 46.5 Å². The zero-order chi connectivity index (χ0) is 13.9. The molecular formula is C16H24O3. The predicted molar refractivity (Wildman–Crippen MR) is 72.4 cm³/mol. The van der Waals surface area contributed by atoms with Gasteiger partial charge in [-0.15, -0.1) is 0 Å². The summed E-state index contributed by atoms with van der Waals surface area (Å²) in [6.45, 7) is 7.44. The Morgan fingerprint density at radius 1 is 1.37 bits per heavy atom. The molecule has 0 saturated heterocycles. The van der Waals surface area contributed by atoms with E-state index in [1.54, 1.807) is 0 Å². The monoisotopic (exact) mass is 264 g/mol. The second-order valence-electron chi connectivity index (χ2n) is 7.09. The third-order valence-corrected chi connectivity index (χ3v) is 6.30. The zero-order valence-electron chi connectivity index (χ0n) is 11.9. The van der Waals surface area contributed by atoms with Crippen molar-refractivity contribution in [2.75, 3.05) is 0 Å². The summed E-state index contributed by atoms with van der Waals surface area (Å²) < 4.78 is 5.68. The van der Waals surface area contributed by atoms with E-state index in [1.165, 1.54) is 12.5 Å². The highest BCUT2D eigenvalue weighted by atomic mass is 16.6. The van der Waals surface area contributed by atoms with Crippen LogP contribution in [0.4, 0.5) is 0 Å². The Kier molecular flexibility index (Phi) is 2.66. The minimum Gasteiger partial charge on any atom is -0.456 e. The molecule has 0 spiro atoms. The summed E-state index contributed by atoms with van der Waals surface area (Å²) in [7, 11) is 0. The number of esters is 1. The predicted octanol–water partition coefficient (Wildman–Crippen LogP) is 2.83. The van der Waals surface area contributed by atoms with Crippen LogP contribution in [0.2, 0.25) is 0 Å². The van der Waals surface area contributed by atoms with Crippen LogP contribution in [-0.4, -0.2) is 22.3 Å². The smallest absolute Gasteiger partial charge is 0.330 e. The normalized spacial score (nSPS) is 44.2. The van der Waals surface area contributed by atoms with E-state index in [-0.39, 0.29) is 11.4 Å². The third-order valence-electron chi connectivity index (χ3n) is 6.30. The van der Waals surface area contributed by atoms with Crippen molar-refractivity contribution < 1.29 is 14.6 Å². The number of fused-ring (bicyclic) bond motifs is 5. The van der Waals surface area contributed by atoms with Gasteiger partial charge in [0.1, 0.15) is 5.60 Å². The van der Waals surface area contributed by atoms with Crippen LogP contribution in [0.1, 0.15) is 52.4 Å². The second-order valence-corrected chi connectivity index (χ2v) is 7.09. The van der Waals surface area contributed by atoms with Gasteiger partial charge in [0, 0.05) is 11.5 Å². The van der Waals surface area contributed by atoms with Crippen molar-refractivity contribution in [2.24, 2.45) is 17.3 Å². The quantitative estimate of drug-likeness (QED) is 0.630. The van der Waals surface area contributed by atoms with Crippen LogP contribution < -0.4 is 0 Å². The summed E-state index contributed by atoms with van der Waals surface area (Å²) in [6.07, 6.45) is 7.51. The zero-order valence-corrected chi connectivity index (χ0v) is 11.9. The molecule has 0 aromatic carbocycles. The highest BCUT2D eigenvalue weighted by molar-refractivity contribution is 5.81. The van der Waals surface area contributed by atoms with Crippen molar-refractivity contribution >= 4 is 5.97 Å². The van der Waals surface area contributed by atoms with E-state index in [9.17, 15) is 9.90 Å². The Bertz CT molecular complexity index is 428. The minimum absolute atomic E-state index is 0.248. The Morgan fingerprint density at radius 3 is 2.74 bits per heavy atom. The van der Waals surface area contributed by atoms with Crippen LogP contribution in [0.25, 0.3) is 0 Å². The molecule has 4 atom stereocenters. The molecule has 1 N–H and O–H groups in total. The molecule has 106 valence electrons. The van der Waals surface area contributed by atoms with E-state index in [0.29, 0.717) is 11.8 Å². The molecule has 3 fully saturated rings. The second kappa shape index (κ2) is 3.85. The standard InChI is InChI=1S/C16H24O3/c1-4-13(17)19-14(2,3)15-8-5-9-16(15,18)12-7-6-11(15)10-12/h4,11-12,18H,1,5-10H2,2-3H3. The lowest BCUT2D eigenvalue weighted by Crippen LogP contribution is -2.61. The number of ether oxygens (including phenoxy) is 1. The van der Waals surface area contributed by atoms with E-state index in [2.05, 4.69) is 6.58 Å². The highest BCUT2D eigenvalue weighted by Crippen LogP contribution is 2.72. The van der Waals surface area contributed by atoms with Gasteiger partial charge in [0.15, 0.2) is 0 Å². The molecule has 3 nitrogen and oxygen atoms in total. The van der Waals surface area contributed by atoms with Gasteiger partial charge in [0.05, 0.1) is 5.60 Å². The van der Waals surface area contributed by atoms with Gasteiger partial charge in [0.2, 0.25) is 0 Å². The van der Waals surface area contributed by atoms with Gasteiger partial charge >= 0.3 is 5.97 Å². The summed E-state index contributed by atoms with van der Waals surface area (Å²) in [6, 6.07) is 0. The average molecular weight is 264 g/mol. The van der Waals surface area contributed by atoms with Crippen LogP contribution in [0, 0.1) is 17.3 Å². The molecule has 3 heteroatoms. The van der Waals surface area contributed by atoms with Crippen LogP contribution in [-0.2, 0) is 9.53 Å². The Labute approximate surface area is 115 Å². The molecule has 0 aromatic rings. The fraction of sp³-hybridized carbons (Fsp3) is 0.812. The molecule has 0 aliphatic heterocycles. The average Bonchev–Trinajstić information content (AvgIpc) is 2.97. The Morgan fingerprint density at radius 2 is 2.05 bits per heavy atom. The summed E-state index contributed by atoms with van der Waals surface area (Å²) in [5, 5.41) is 11.3. The lowest BCUT2D eigenvalue weighted by atomic mass is 9.57. The molecule has 4 unspecified atom stereocenters. The fourth-order valence-corrected chi connectivity index (χ4v) is 5.76. The van der Waals surface area contributed by atoms with Crippen molar-refractivity contribution in [1.82, 2.24) is 0 Å². The molecule has 0 amide bonds. The number of rotatable bonds is 3. The molecule has 0 radical (unpaired) electrons. The van der Waals surface area contributed by atoms with Gasteiger partial charge in [0.25, 0.3) is 0 Å². The molecule has 19 heavy (non-hydrogen) atoms. The number of aliphatic hydroxyl groups is 1. The summed E-state index contributed by atoms with van der Waals surface area (Å²) in [5.41, 5.74) is -1.49. The minimum atomic E-state index is -0.624. The van der Waals surface area contributed by atoms with Crippen molar-refractivity contribution in [3.63, 3.8) is 0 Å². The van der Waals surface area contributed by atoms with Crippen LogP contribution in [0.3, 0.4) is 0 Å². The van der Waals surface area contributed by atoms with Crippen molar-refractivity contribution in [3.8, 4) is 0 Å². The molecule has 0 aromatic heterocycles. The van der Waals surface area contributed by atoms with Crippen LogP contribution >= 0.6 is 0 Å². The largest absolute Gasteiger partial charge is 0.456 e. The van der Waals surface area contributed by atoms with Crippen LogP contribution in [0.5, 0.6) is 0 Å². The maximum Gasteiger partial charge on any atom is 0.330 e. The van der Waals surface area contributed by atoms with E-state index in [1.807, 2.05) is 13.8 Å². The molecule has 0 heterocycles. The number of carbonyl (C=O) groups is 1. The summed E-state index contributed by atoms with van der Waals surface area (Å²) in [5.74, 6) is 0.524. The molecular weight excluding hydrogens is 240 g/mol. The number of hydrogen-bond acceptors (Lipinski definition) is 3. The lowest BCUT2D eigenvalue weighted by Gasteiger charge is -2.54. The van der Waals surface area contributed by atoms with Crippen LogP contribution in [0.15, 0.2) is 12.7 Å². The first-order valence-corrected chi connectivity index (χ1v) is 7.45. The van der Waals surface area contributed by atoms with Gasteiger partial charge in [-0.05, 0) is 64.2 Å². The van der Waals surface area contributed by atoms with Gasteiger partial charge < -0.3 is 9.84 Å². The van der Waals surface area contributed by atoms with Crippen molar-refractivity contribution in [3.05, 3.63) is 12.7 Å². The highest BCUT2D eigenvalue weighted by Gasteiger charge is 2.74. The summed E-state index contributed by atoms with van der Waals surface area (Å²) >= 11 is 0. The van der Waals surface area contributed by atoms with Gasteiger partial charge in [-0.25, -0.2) is 4.79 Å². The molecule has 3 aliphatic carbocycles. The van der Waals surface area contributed by atoms with Crippen molar-refractivity contribution in [1.29, 1.82) is 0 Å². The third kappa shape index (κ3) is 1.40. The van der Waals surface area contributed by atoms with Crippen molar-refractivity contribution in [2.45, 2.75) is 63.6 Å². The van der Waals surface area contributed by atoms with Gasteiger partial charge in [-0.2, -0.15) is 0 Å². The first kappa shape index (κ1) is 13.2. The van der Waals surface area contributed by atoms with E-state index >= 15 is 0 Å². The molecule has 3 saturated carbocycles. The Balaban J connectivity index is 2.01. The first-order chi connectivity index (χ1) is 8.87. The maximum atomic E-state index is 11.7. The van der Waals surface area contributed by atoms with E-state index < -0.39 is 11.2 Å². The van der Waals surface area contributed by atoms with E-state index in [4.69, 9.17) is 4.74 Å². The maximum absolute atomic E-state index is 11.7. The fourth-order valence-electron chi connectivity index (χ4n) is 5.76. The van der Waals surface area contributed by atoms with Gasteiger partial charge in [-0.1, -0.05) is 6.58 Å². The molecule has 2 bridgehead atoms. The number of hydrogen-bond donors (Lipinski definition) is 1. The molecule has 3 rings (SSSR count). The first-order valence-electron chi connectivity index (χ1n) is 7.45. The molecule has 3 aliphatic rings. The number of carbonyl (C=O) groups excluding carboxylic acids is 1. The summed E-state index contributed by atoms with van der Waals surface area (Å²) in [4.78, 5) is 11.7. The SMILES string of the molecule is C=CC(=O)OC(C)(C)C12CCCC1(O)C1CCC2C1. The van der Waals surface area contributed by atoms with E-state index in [0.717, 1.165) is 32.1 Å².